The van der Waals surface area contributed by atoms with E-state index in [1.54, 1.807) is 13.8 Å². The van der Waals surface area contributed by atoms with Crippen molar-refractivity contribution < 1.29 is 24.5 Å². The van der Waals surface area contributed by atoms with Gasteiger partial charge in [0.2, 0.25) is 0 Å². The molecule has 0 amide bonds. The third kappa shape index (κ3) is 6.49. The van der Waals surface area contributed by atoms with E-state index in [1.807, 2.05) is 0 Å². The maximum atomic E-state index is 12.4. The first kappa shape index (κ1) is 35.2. The lowest BCUT2D eigenvalue weighted by molar-refractivity contribution is -0.173. The van der Waals surface area contributed by atoms with Gasteiger partial charge < -0.3 is 19.7 Å². The van der Waals surface area contributed by atoms with E-state index in [1.165, 1.54) is 51.4 Å². The highest BCUT2D eigenvalue weighted by Gasteiger charge is 2.76. The van der Waals surface area contributed by atoms with Gasteiger partial charge in [-0.15, -0.1) is 0 Å². The topological polar surface area (TPSA) is 79.3 Å². The van der Waals surface area contributed by atoms with Crippen molar-refractivity contribution in [2.45, 2.75) is 188 Å². The zero-order valence-electron chi connectivity index (χ0n) is 29.5. The predicted octanol–water partition coefficient (Wildman–Crippen LogP) is 9.01. The van der Waals surface area contributed by atoms with Gasteiger partial charge in [-0.3, -0.25) is 4.79 Å². The number of fused-ring (bicyclic) bond motifs is 3. The summed E-state index contributed by atoms with van der Waals surface area (Å²) in [5, 5.41) is 20.8. The van der Waals surface area contributed by atoms with Crippen LogP contribution in [0.2, 0.25) is 0 Å². The highest BCUT2D eigenvalue weighted by atomic mass is 16.6. The Morgan fingerprint density at radius 2 is 1.60 bits per heavy atom. The third-order valence-electron chi connectivity index (χ3n) is 14.2. The highest BCUT2D eigenvalue weighted by Crippen LogP contribution is 2.77. The maximum Gasteiger partial charge on any atom is 0.305 e. The van der Waals surface area contributed by atoms with E-state index in [4.69, 9.17) is 9.47 Å². The number of ether oxygens (including phenoxy) is 2. The Labute approximate surface area is 264 Å². The zero-order chi connectivity index (χ0) is 31.9. The second-order valence-electron chi connectivity index (χ2n) is 17.4. The quantitative estimate of drug-likeness (QED) is 0.111. The number of rotatable bonds is 15. The largest absolute Gasteiger partial charge is 0.466 e. The van der Waals surface area contributed by atoms with Crippen molar-refractivity contribution in [1.82, 2.24) is 0 Å². The second kappa shape index (κ2) is 12.9. The lowest BCUT2D eigenvalue weighted by atomic mass is 9.39. The number of epoxide rings is 1. The molecule has 9 atom stereocenters. The molecule has 1 aliphatic heterocycles. The molecule has 2 N–H and O–H groups in total. The lowest BCUT2D eigenvalue weighted by Gasteiger charge is -2.65. The van der Waals surface area contributed by atoms with Gasteiger partial charge in [0.05, 0.1) is 23.9 Å². The molecule has 4 rings (SSSR count). The Bertz CT molecular complexity index is 954. The molecule has 0 radical (unpaired) electrons. The molecule has 0 bridgehead atoms. The summed E-state index contributed by atoms with van der Waals surface area (Å²) in [5.41, 5.74) is -0.354. The van der Waals surface area contributed by atoms with Crippen LogP contribution in [-0.2, 0) is 14.3 Å². The summed E-state index contributed by atoms with van der Waals surface area (Å²) in [4.78, 5) is 12.4. The van der Waals surface area contributed by atoms with Crippen LogP contribution in [0.3, 0.4) is 0 Å². The lowest BCUT2D eigenvalue weighted by Crippen LogP contribution is -2.61. The summed E-state index contributed by atoms with van der Waals surface area (Å²) in [5.74, 6) is 2.32. The third-order valence-corrected chi connectivity index (χ3v) is 14.2. The maximum absolute atomic E-state index is 12.4. The van der Waals surface area contributed by atoms with E-state index in [0.29, 0.717) is 43.1 Å². The van der Waals surface area contributed by atoms with E-state index in [0.717, 1.165) is 38.5 Å². The van der Waals surface area contributed by atoms with E-state index < -0.39 is 11.7 Å². The van der Waals surface area contributed by atoms with Crippen LogP contribution in [0.4, 0.5) is 0 Å². The van der Waals surface area contributed by atoms with Crippen LogP contribution < -0.4 is 0 Å². The van der Waals surface area contributed by atoms with Gasteiger partial charge >= 0.3 is 5.97 Å². The number of hydrogen-bond donors (Lipinski definition) is 2. The molecule has 0 unspecified atom stereocenters. The van der Waals surface area contributed by atoms with Gasteiger partial charge in [-0.25, -0.2) is 0 Å². The summed E-state index contributed by atoms with van der Waals surface area (Å²) >= 11 is 0. The molecule has 4 aliphatic rings. The zero-order valence-corrected chi connectivity index (χ0v) is 29.5. The fraction of sp³-hybridized carbons (Fsp3) is 0.974. The van der Waals surface area contributed by atoms with Gasteiger partial charge in [0.1, 0.15) is 5.60 Å². The molecule has 5 heteroatoms. The molecular formula is C38H68O5. The van der Waals surface area contributed by atoms with Crippen LogP contribution in [0.5, 0.6) is 0 Å². The molecule has 0 aromatic carbocycles. The number of unbranched alkanes of at least 4 members (excludes halogenated alkanes) is 4. The Morgan fingerprint density at radius 3 is 2.23 bits per heavy atom. The van der Waals surface area contributed by atoms with Crippen LogP contribution in [0.15, 0.2) is 0 Å². The molecule has 0 aromatic rings. The molecule has 3 aliphatic carbocycles. The number of hydrogen-bond acceptors (Lipinski definition) is 5. The van der Waals surface area contributed by atoms with Gasteiger partial charge in [0, 0.05) is 6.42 Å². The molecule has 0 aromatic heterocycles. The van der Waals surface area contributed by atoms with Crippen molar-refractivity contribution in [3.05, 3.63) is 0 Å². The second-order valence-corrected chi connectivity index (χ2v) is 17.4. The summed E-state index contributed by atoms with van der Waals surface area (Å²) in [6, 6.07) is 0. The molecule has 5 nitrogen and oxygen atoms in total. The van der Waals surface area contributed by atoms with Crippen LogP contribution in [0, 0.1) is 39.9 Å². The van der Waals surface area contributed by atoms with Crippen LogP contribution in [-0.4, -0.2) is 45.7 Å². The minimum Gasteiger partial charge on any atom is -0.466 e. The standard InChI is InChI=1S/C38H68O5/c1-10-11-12-13-14-17-32(40)42-26-15-16-30-35(7)24-25-36(8)28(27(2)18-19-31(39)33(3,4)41)20-22-37(36,9)29(35)21-23-38(30)34(5,6)43-38/h27-31,39,41H,10-26H2,1-9H3/t27-,28-,29-,30-,31+,35+,36-,37+,38-/m0/s1. The Kier molecular flexibility index (Phi) is 10.5. The Balaban J connectivity index is 1.42. The van der Waals surface area contributed by atoms with Crippen molar-refractivity contribution in [3.63, 3.8) is 0 Å². The Morgan fingerprint density at radius 1 is 0.930 bits per heavy atom. The molecule has 250 valence electrons. The minimum absolute atomic E-state index is 0.0240. The first-order valence-electron chi connectivity index (χ1n) is 18.2. The average molecular weight is 605 g/mol. The fourth-order valence-electron chi connectivity index (χ4n) is 11.2. The normalized spacial score (nSPS) is 39.7. The summed E-state index contributed by atoms with van der Waals surface area (Å²) in [6.45, 7) is 21.0. The molecule has 1 saturated heterocycles. The van der Waals surface area contributed by atoms with E-state index in [-0.39, 0.29) is 33.4 Å². The monoisotopic (exact) mass is 605 g/mol. The number of aliphatic hydroxyl groups excluding tert-OH is 1. The Hall–Kier alpha value is -0.650. The first-order valence-corrected chi connectivity index (χ1v) is 18.2. The van der Waals surface area contributed by atoms with Crippen molar-refractivity contribution in [2.75, 3.05) is 6.61 Å². The van der Waals surface area contributed by atoms with Gasteiger partial charge in [-0.2, -0.15) is 0 Å². The highest BCUT2D eigenvalue weighted by molar-refractivity contribution is 5.69. The van der Waals surface area contributed by atoms with Crippen molar-refractivity contribution in [2.24, 2.45) is 39.9 Å². The van der Waals surface area contributed by atoms with Gasteiger partial charge in [0.15, 0.2) is 0 Å². The van der Waals surface area contributed by atoms with Crippen molar-refractivity contribution in [3.8, 4) is 0 Å². The van der Waals surface area contributed by atoms with Crippen molar-refractivity contribution >= 4 is 5.97 Å². The average Bonchev–Trinajstić information content (AvgIpc) is 3.34. The number of carbonyl (C=O) groups is 1. The van der Waals surface area contributed by atoms with E-state index in [9.17, 15) is 15.0 Å². The number of aliphatic hydroxyl groups is 2. The first-order chi connectivity index (χ1) is 20.0. The van der Waals surface area contributed by atoms with Gasteiger partial charge in [-0.1, -0.05) is 60.3 Å². The molecule has 3 saturated carbocycles. The van der Waals surface area contributed by atoms with Gasteiger partial charge in [0.25, 0.3) is 0 Å². The van der Waals surface area contributed by atoms with E-state index >= 15 is 0 Å². The SMILES string of the molecule is CCCCCCCC(=O)OCCC[C@H]1[C@]2(C)CC[C@@]3(C)[C@H]([C@@H](C)CC[C@@H](O)C(C)(C)O)CC[C@]3(C)[C@H]2CC[C@]12OC2(C)C. The van der Waals surface area contributed by atoms with Gasteiger partial charge in [-0.05, 0) is 138 Å². The van der Waals surface area contributed by atoms with Crippen LogP contribution >= 0.6 is 0 Å². The minimum atomic E-state index is -1.04. The predicted molar refractivity (Wildman–Crippen MR) is 175 cm³/mol. The van der Waals surface area contributed by atoms with Crippen LogP contribution in [0.1, 0.15) is 165 Å². The van der Waals surface area contributed by atoms with Crippen molar-refractivity contribution in [1.29, 1.82) is 0 Å². The van der Waals surface area contributed by atoms with E-state index in [2.05, 4.69) is 48.5 Å². The summed E-state index contributed by atoms with van der Waals surface area (Å²) in [6.07, 6.45) is 16.7. The molecule has 4 fully saturated rings. The molecular weight excluding hydrogens is 536 g/mol. The summed E-state index contributed by atoms with van der Waals surface area (Å²) < 4.78 is 12.4. The molecule has 1 spiro atoms. The number of carbonyl (C=O) groups excluding carboxylic acids is 1. The fourth-order valence-corrected chi connectivity index (χ4v) is 11.2. The number of esters is 1. The molecule has 1 heterocycles. The smallest absolute Gasteiger partial charge is 0.305 e. The summed E-state index contributed by atoms with van der Waals surface area (Å²) in [7, 11) is 0. The van der Waals surface area contributed by atoms with Crippen LogP contribution in [0.25, 0.3) is 0 Å². The molecule has 43 heavy (non-hydrogen) atoms.